The van der Waals surface area contributed by atoms with Gasteiger partial charge >= 0.3 is 0 Å². The van der Waals surface area contributed by atoms with Gasteiger partial charge in [0.2, 0.25) is 0 Å². The third-order valence-corrected chi connectivity index (χ3v) is 11.2. The number of rotatable bonds is 8. The van der Waals surface area contributed by atoms with Crippen LogP contribution in [0.15, 0.2) is 140 Å². The molecule has 0 unspecified atom stereocenters. The Morgan fingerprint density at radius 1 is 0.633 bits per heavy atom. The van der Waals surface area contributed by atoms with Crippen molar-refractivity contribution in [3.8, 4) is 67.5 Å². The molecular formula is C56H57N3O. The number of phenols is 1. The molecule has 8 aromatic rings. The van der Waals surface area contributed by atoms with Crippen LogP contribution in [0.5, 0.6) is 5.75 Å². The van der Waals surface area contributed by atoms with Gasteiger partial charge in [0.25, 0.3) is 0 Å². The topological polar surface area (TPSA) is 50.9 Å². The monoisotopic (exact) mass is 797 g/mol. The van der Waals surface area contributed by atoms with E-state index >= 15 is 0 Å². The van der Waals surface area contributed by atoms with E-state index in [9.17, 15) is 5.11 Å². The summed E-state index contributed by atoms with van der Waals surface area (Å²) in [5.74, 6) is 1.24. The zero-order chi connectivity index (χ0) is 50.0. The summed E-state index contributed by atoms with van der Waals surface area (Å²) in [6.45, 7) is 4.76. The van der Waals surface area contributed by atoms with E-state index in [2.05, 4.69) is 99.8 Å². The zero-order valence-corrected chi connectivity index (χ0v) is 35.4. The Morgan fingerprint density at radius 3 is 2.10 bits per heavy atom. The van der Waals surface area contributed by atoms with Crippen LogP contribution in [-0.4, -0.2) is 19.6 Å². The third kappa shape index (κ3) is 8.04. The van der Waals surface area contributed by atoms with E-state index in [-0.39, 0.29) is 16.7 Å². The van der Waals surface area contributed by atoms with E-state index in [4.69, 9.17) is 22.3 Å². The van der Waals surface area contributed by atoms with Crippen molar-refractivity contribution in [2.45, 2.75) is 86.3 Å². The lowest BCUT2D eigenvalue weighted by Crippen LogP contribution is -2.11. The van der Waals surface area contributed by atoms with Gasteiger partial charge in [-0.15, -0.1) is 0 Å². The van der Waals surface area contributed by atoms with Crippen molar-refractivity contribution in [3.05, 3.63) is 167 Å². The van der Waals surface area contributed by atoms with Gasteiger partial charge in [0.05, 0.1) is 28.0 Å². The molecule has 1 N–H and O–H groups in total. The van der Waals surface area contributed by atoms with Crippen molar-refractivity contribution < 1.29 is 17.4 Å². The minimum atomic E-state index is -3.36. The summed E-state index contributed by atoms with van der Waals surface area (Å²) in [5, 5.41) is 11.8. The van der Waals surface area contributed by atoms with Crippen molar-refractivity contribution in [2.75, 3.05) is 0 Å². The summed E-state index contributed by atoms with van der Waals surface area (Å²) in [6, 6.07) is 43.0. The molecule has 0 bridgehead atoms. The highest BCUT2D eigenvalue weighted by molar-refractivity contribution is 5.98. The van der Waals surface area contributed by atoms with Crippen LogP contribution in [0, 0.1) is 19.8 Å². The minimum Gasteiger partial charge on any atom is -0.507 e. The molecular weight excluding hydrogens is 731 g/mol. The van der Waals surface area contributed by atoms with E-state index in [1.165, 1.54) is 17.7 Å². The smallest absolute Gasteiger partial charge is 0.149 e. The SMILES string of the molecule is [2H]C([2H])([2H])C(c1ccc(-c2ccnc(-c3cc(-c4cccc5c4nc(-c4cc(C)cc(C)c4O)n5-c4ccc(CC(C)C)cc4-c4ccccc4)cc(C(C)(C)C)c3)c2)cc1)(C([2H])([2H])[2H])C([2H])([2H])[2H]. The first-order valence-electron chi connectivity index (χ1n) is 25.0. The Bertz CT molecular complexity index is 3160. The standard InChI is InChI=1S/C56H57N3O/c1-35(2)27-38-19-24-50(47(30-38)40-15-12-11-13-16-40)59-51-18-14-17-46(52(51)58-54(59)48-29-36(3)28-37(4)53(48)60)42-31-43(33-45(32-42)56(8,9)10)49-34-41(25-26-57-49)39-20-22-44(23-21-39)55(5,6)7/h11-26,28-35,60H,27H2,1-10H3/i5D3,6D3,7D3. The maximum Gasteiger partial charge on any atom is 0.149 e. The van der Waals surface area contributed by atoms with Gasteiger partial charge in [0.1, 0.15) is 11.6 Å². The number of para-hydroxylation sites is 1. The van der Waals surface area contributed by atoms with Crippen molar-refractivity contribution in [1.29, 1.82) is 0 Å². The molecule has 0 amide bonds. The summed E-state index contributed by atoms with van der Waals surface area (Å²) < 4.78 is 75.8. The van der Waals surface area contributed by atoms with Crippen LogP contribution in [0.2, 0.25) is 0 Å². The van der Waals surface area contributed by atoms with Gasteiger partial charge in [-0.2, -0.15) is 0 Å². The normalized spacial score (nSPS) is 15.0. The van der Waals surface area contributed by atoms with Crippen LogP contribution in [-0.2, 0) is 17.3 Å². The number of benzene rings is 6. The lowest BCUT2D eigenvalue weighted by Gasteiger charge is -2.22. The predicted molar refractivity (Wildman–Crippen MR) is 253 cm³/mol. The van der Waals surface area contributed by atoms with E-state index < -0.39 is 26.0 Å². The Morgan fingerprint density at radius 2 is 1.38 bits per heavy atom. The maximum absolute atomic E-state index is 11.8. The highest BCUT2D eigenvalue weighted by Crippen LogP contribution is 2.43. The van der Waals surface area contributed by atoms with Gasteiger partial charge in [0, 0.05) is 35.2 Å². The fourth-order valence-corrected chi connectivity index (χ4v) is 8.16. The fraction of sp³-hybridized carbons (Fsp3) is 0.250. The van der Waals surface area contributed by atoms with E-state index in [1.807, 2.05) is 56.3 Å². The van der Waals surface area contributed by atoms with Gasteiger partial charge in [-0.05, 0) is 136 Å². The number of aryl methyl sites for hydroxylation is 2. The average Bonchev–Trinajstić information content (AvgIpc) is 3.66. The zero-order valence-electron chi connectivity index (χ0n) is 44.4. The van der Waals surface area contributed by atoms with E-state index in [0.29, 0.717) is 34.1 Å². The Balaban J connectivity index is 1.32. The molecule has 0 aliphatic carbocycles. The minimum absolute atomic E-state index is 0.167. The molecule has 4 heteroatoms. The van der Waals surface area contributed by atoms with Crippen LogP contribution in [0.4, 0.5) is 0 Å². The number of fused-ring (bicyclic) bond motifs is 1. The second-order valence-electron chi connectivity index (χ2n) is 17.5. The number of phenolic OH excluding ortho intramolecular Hbond substituents is 1. The number of imidazole rings is 1. The summed E-state index contributed by atoms with van der Waals surface area (Å²) in [7, 11) is 0. The molecule has 0 radical (unpaired) electrons. The predicted octanol–water partition coefficient (Wildman–Crippen LogP) is 14.9. The number of pyridine rings is 1. The number of hydrogen-bond acceptors (Lipinski definition) is 3. The highest BCUT2D eigenvalue weighted by Gasteiger charge is 2.25. The molecule has 0 spiro atoms. The number of hydrogen-bond donors (Lipinski definition) is 1. The van der Waals surface area contributed by atoms with Crippen molar-refractivity contribution in [1.82, 2.24) is 14.5 Å². The van der Waals surface area contributed by atoms with Crippen LogP contribution in [0.1, 0.15) is 95.3 Å². The quantitative estimate of drug-likeness (QED) is 0.167. The summed E-state index contributed by atoms with van der Waals surface area (Å²) in [6.07, 6.45) is 2.60. The first-order valence-corrected chi connectivity index (χ1v) is 20.5. The van der Waals surface area contributed by atoms with Gasteiger partial charge in [-0.25, -0.2) is 4.98 Å². The van der Waals surface area contributed by atoms with Gasteiger partial charge in [-0.1, -0.05) is 140 Å². The van der Waals surface area contributed by atoms with Crippen LogP contribution in [0.3, 0.4) is 0 Å². The van der Waals surface area contributed by atoms with Gasteiger partial charge in [-0.3, -0.25) is 9.55 Å². The van der Waals surface area contributed by atoms with Gasteiger partial charge < -0.3 is 5.11 Å². The van der Waals surface area contributed by atoms with Crippen molar-refractivity contribution in [3.63, 3.8) is 0 Å². The Hall–Kier alpha value is -6.26. The first kappa shape index (κ1) is 30.7. The number of aromatic hydroxyl groups is 1. The van der Waals surface area contributed by atoms with Crippen molar-refractivity contribution in [2.24, 2.45) is 5.92 Å². The molecule has 0 aliphatic heterocycles. The lowest BCUT2D eigenvalue weighted by atomic mass is 9.83. The third-order valence-electron chi connectivity index (χ3n) is 11.2. The van der Waals surface area contributed by atoms with Crippen LogP contribution < -0.4 is 0 Å². The molecule has 0 fully saturated rings. The van der Waals surface area contributed by atoms with E-state index in [1.54, 1.807) is 24.4 Å². The fourth-order valence-electron chi connectivity index (χ4n) is 8.16. The second kappa shape index (κ2) is 15.7. The molecule has 6 aromatic carbocycles. The summed E-state index contributed by atoms with van der Waals surface area (Å²) in [5.41, 5.74) is 10.2. The van der Waals surface area contributed by atoms with E-state index in [0.717, 1.165) is 67.6 Å². The molecule has 8 rings (SSSR count). The largest absolute Gasteiger partial charge is 0.507 e. The summed E-state index contributed by atoms with van der Waals surface area (Å²) >= 11 is 0. The van der Waals surface area contributed by atoms with Crippen molar-refractivity contribution >= 4 is 11.0 Å². The van der Waals surface area contributed by atoms with Crippen LogP contribution in [0.25, 0.3) is 72.7 Å². The first-order chi connectivity index (χ1) is 32.3. The molecule has 302 valence electrons. The molecule has 0 atom stereocenters. The maximum atomic E-state index is 11.8. The average molecular weight is 797 g/mol. The highest BCUT2D eigenvalue weighted by atomic mass is 16.3. The molecule has 4 nitrogen and oxygen atoms in total. The Labute approximate surface area is 369 Å². The molecule has 0 aliphatic rings. The molecule has 0 saturated carbocycles. The molecule has 2 heterocycles. The second-order valence-corrected chi connectivity index (χ2v) is 17.5. The lowest BCUT2D eigenvalue weighted by molar-refractivity contribution is 0.472. The molecule has 60 heavy (non-hydrogen) atoms. The van der Waals surface area contributed by atoms with Crippen LogP contribution >= 0.6 is 0 Å². The number of nitrogens with zero attached hydrogens (tertiary/aromatic N) is 3. The molecule has 0 saturated heterocycles. The molecule has 2 aromatic heterocycles. The number of aromatic nitrogens is 3. The van der Waals surface area contributed by atoms with Gasteiger partial charge in [0.15, 0.2) is 0 Å². The summed E-state index contributed by atoms with van der Waals surface area (Å²) in [4.78, 5) is 10.3. The Kier molecular flexibility index (Phi) is 8.06.